The minimum Gasteiger partial charge on any atom is -0.484 e. The van der Waals surface area contributed by atoms with Crippen LogP contribution in [0.1, 0.15) is 0 Å². The number of hydrogen-bond acceptors (Lipinski definition) is 5. The average molecular weight is 384 g/mol. The Bertz CT molecular complexity index is 989. The fraction of sp³-hybridized carbons (Fsp3) is 0.250. The zero-order chi connectivity index (χ0) is 19.5. The van der Waals surface area contributed by atoms with Crippen molar-refractivity contribution in [3.05, 3.63) is 60.4 Å². The van der Waals surface area contributed by atoms with Crippen molar-refractivity contribution in [3.63, 3.8) is 0 Å². The molecule has 1 fully saturated rings. The average Bonchev–Trinajstić information content (AvgIpc) is 2.73. The van der Waals surface area contributed by atoms with Gasteiger partial charge >= 0.3 is 0 Å². The molecule has 0 saturated carbocycles. The first-order valence-corrected chi connectivity index (χ1v) is 8.91. The first-order valence-electron chi connectivity index (χ1n) is 8.91. The minimum atomic E-state index is -0.355. The highest BCUT2D eigenvalue weighted by atomic mass is 19.1. The number of carbonyl (C=O) groups is 1. The molecule has 0 radical (unpaired) electrons. The van der Waals surface area contributed by atoms with E-state index in [2.05, 4.69) is 9.97 Å². The van der Waals surface area contributed by atoms with Crippen LogP contribution in [0.25, 0.3) is 10.9 Å². The summed E-state index contributed by atoms with van der Waals surface area (Å²) in [6.45, 7) is 2.06. The van der Waals surface area contributed by atoms with Crippen molar-refractivity contribution in [2.24, 2.45) is 0 Å². The first kappa shape index (κ1) is 18.1. The fourth-order valence-corrected chi connectivity index (χ4v) is 3.20. The molecule has 0 spiro atoms. The maximum atomic E-state index is 13.6. The Morgan fingerprint density at radius 1 is 0.964 bits per heavy atom. The van der Waals surface area contributed by atoms with Gasteiger partial charge in [0.15, 0.2) is 6.61 Å². The van der Waals surface area contributed by atoms with Gasteiger partial charge in [0, 0.05) is 31.6 Å². The van der Waals surface area contributed by atoms with E-state index >= 15 is 0 Å². The van der Waals surface area contributed by atoms with Crippen LogP contribution in [-0.2, 0) is 4.79 Å². The molecule has 3 aromatic rings. The Morgan fingerprint density at radius 3 is 2.43 bits per heavy atom. The van der Waals surface area contributed by atoms with Gasteiger partial charge in [-0.3, -0.25) is 4.79 Å². The van der Waals surface area contributed by atoms with Gasteiger partial charge in [-0.1, -0.05) is 0 Å². The highest BCUT2D eigenvalue weighted by Crippen LogP contribution is 2.24. The van der Waals surface area contributed by atoms with Crippen LogP contribution in [-0.4, -0.2) is 53.6 Å². The smallest absolute Gasteiger partial charge is 0.260 e. The Balaban J connectivity index is 1.37. The lowest BCUT2D eigenvalue weighted by Crippen LogP contribution is -2.50. The molecule has 1 aliphatic heterocycles. The number of rotatable bonds is 4. The Morgan fingerprint density at radius 2 is 1.68 bits per heavy atom. The highest BCUT2D eigenvalue weighted by molar-refractivity contribution is 5.89. The van der Waals surface area contributed by atoms with Crippen LogP contribution < -0.4 is 9.64 Å². The summed E-state index contributed by atoms with van der Waals surface area (Å²) in [5.74, 6) is 0.284. The predicted molar refractivity (Wildman–Crippen MR) is 100 cm³/mol. The summed E-state index contributed by atoms with van der Waals surface area (Å²) in [6.07, 6.45) is 1.46. The molecule has 144 valence electrons. The van der Waals surface area contributed by atoms with E-state index in [4.69, 9.17) is 4.74 Å². The number of piperazine rings is 1. The van der Waals surface area contributed by atoms with Crippen LogP contribution in [0, 0.1) is 11.6 Å². The number of benzene rings is 2. The molecular weight excluding hydrogens is 366 g/mol. The van der Waals surface area contributed by atoms with E-state index in [1.165, 1.54) is 42.7 Å². The van der Waals surface area contributed by atoms with Crippen LogP contribution in [0.4, 0.5) is 14.6 Å². The van der Waals surface area contributed by atoms with Gasteiger partial charge in [-0.2, -0.15) is 0 Å². The van der Waals surface area contributed by atoms with E-state index in [9.17, 15) is 13.6 Å². The molecule has 1 aliphatic rings. The molecule has 0 N–H and O–H groups in total. The lowest BCUT2D eigenvalue weighted by Gasteiger charge is -2.35. The summed E-state index contributed by atoms with van der Waals surface area (Å²) in [5.41, 5.74) is 0.678. The molecular formula is C20H18F2N4O2. The van der Waals surface area contributed by atoms with Gasteiger partial charge in [0.1, 0.15) is 29.5 Å². The molecule has 8 heteroatoms. The van der Waals surface area contributed by atoms with Crippen LogP contribution in [0.15, 0.2) is 48.8 Å². The number of fused-ring (bicyclic) bond motifs is 1. The van der Waals surface area contributed by atoms with E-state index in [0.717, 1.165) is 0 Å². The number of aromatic nitrogens is 2. The van der Waals surface area contributed by atoms with Gasteiger partial charge in [-0.15, -0.1) is 0 Å². The Hall–Kier alpha value is -3.29. The van der Waals surface area contributed by atoms with E-state index in [1.807, 2.05) is 4.90 Å². The van der Waals surface area contributed by atoms with Crippen molar-refractivity contribution in [1.29, 1.82) is 0 Å². The van der Waals surface area contributed by atoms with Gasteiger partial charge in [0.25, 0.3) is 5.91 Å². The topological polar surface area (TPSA) is 58.6 Å². The Labute approximate surface area is 160 Å². The molecule has 2 aromatic carbocycles. The summed E-state index contributed by atoms with van der Waals surface area (Å²) in [4.78, 5) is 24.6. The molecule has 28 heavy (non-hydrogen) atoms. The lowest BCUT2D eigenvalue weighted by molar-refractivity contribution is -0.133. The maximum absolute atomic E-state index is 13.6. The first-order chi connectivity index (χ1) is 13.6. The van der Waals surface area contributed by atoms with Crippen molar-refractivity contribution in [2.75, 3.05) is 37.7 Å². The second kappa shape index (κ2) is 7.75. The normalized spacial score (nSPS) is 14.4. The monoisotopic (exact) mass is 384 g/mol. The van der Waals surface area contributed by atoms with Crippen molar-refractivity contribution in [3.8, 4) is 5.75 Å². The quantitative estimate of drug-likeness (QED) is 0.692. The molecule has 0 aliphatic carbocycles. The number of hydrogen-bond donors (Lipinski definition) is 0. The standard InChI is InChI=1S/C20H18F2N4O2/c21-14-1-4-16(5-2-14)28-12-19(27)25-7-9-26(10-8-25)20-17-11-15(22)3-6-18(17)23-13-24-20/h1-6,11,13H,7-10,12H2. The van der Waals surface area contributed by atoms with Crippen LogP contribution in [0.3, 0.4) is 0 Å². The van der Waals surface area contributed by atoms with Crippen molar-refractivity contribution >= 4 is 22.6 Å². The van der Waals surface area contributed by atoms with Crippen LogP contribution >= 0.6 is 0 Å². The number of halogens is 2. The van der Waals surface area contributed by atoms with E-state index in [-0.39, 0.29) is 24.1 Å². The number of amides is 1. The summed E-state index contributed by atoms with van der Waals surface area (Å²) in [5, 5.41) is 0.655. The van der Waals surface area contributed by atoms with Gasteiger partial charge < -0.3 is 14.5 Å². The van der Waals surface area contributed by atoms with Crippen LogP contribution in [0.2, 0.25) is 0 Å². The number of anilines is 1. The third-order valence-corrected chi connectivity index (χ3v) is 4.68. The number of nitrogens with zero attached hydrogens (tertiary/aromatic N) is 4. The molecule has 4 rings (SSSR count). The summed E-state index contributed by atoms with van der Waals surface area (Å²) in [6, 6.07) is 9.97. The Kier molecular flexibility index (Phi) is 5.01. The van der Waals surface area contributed by atoms with Crippen molar-refractivity contribution in [2.45, 2.75) is 0 Å². The van der Waals surface area contributed by atoms with E-state index < -0.39 is 0 Å². The molecule has 2 heterocycles. The van der Waals surface area contributed by atoms with Crippen LogP contribution in [0.5, 0.6) is 5.75 Å². The molecule has 6 nitrogen and oxygen atoms in total. The SMILES string of the molecule is O=C(COc1ccc(F)cc1)N1CCN(c2ncnc3ccc(F)cc23)CC1. The second-order valence-electron chi connectivity index (χ2n) is 6.47. The third-order valence-electron chi connectivity index (χ3n) is 4.68. The third kappa shape index (κ3) is 3.85. The molecule has 0 atom stereocenters. The second-order valence-corrected chi connectivity index (χ2v) is 6.47. The highest BCUT2D eigenvalue weighted by Gasteiger charge is 2.23. The van der Waals surface area contributed by atoms with Crippen molar-refractivity contribution in [1.82, 2.24) is 14.9 Å². The van der Waals surface area contributed by atoms with E-state index in [0.29, 0.717) is 48.6 Å². The minimum absolute atomic E-state index is 0.104. The summed E-state index contributed by atoms with van der Waals surface area (Å²) >= 11 is 0. The molecule has 1 aromatic heterocycles. The zero-order valence-corrected chi connectivity index (χ0v) is 15.0. The van der Waals surface area contributed by atoms with E-state index in [1.54, 1.807) is 11.0 Å². The molecule has 0 bridgehead atoms. The summed E-state index contributed by atoms with van der Waals surface area (Å²) in [7, 11) is 0. The maximum Gasteiger partial charge on any atom is 0.260 e. The molecule has 1 saturated heterocycles. The predicted octanol–water partition coefficient (Wildman–Crippen LogP) is 2.64. The fourth-order valence-electron chi connectivity index (χ4n) is 3.20. The largest absolute Gasteiger partial charge is 0.484 e. The number of carbonyl (C=O) groups excluding carboxylic acids is 1. The summed E-state index contributed by atoms with van der Waals surface area (Å²) < 4.78 is 32.0. The lowest BCUT2D eigenvalue weighted by atomic mass is 10.2. The number of ether oxygens (including phenoxy) is 1. The van der Waals surface area contributed by atoms with Gasteiger partial charge in [0.2, 0.25) is 0 Å². The molecule has 1 amide bonds. The van der Waals surface area contributed by atoms with Crippen molar-refractivity contribution < 1.29 is 18.3 Å². The zero-order valence-electron chi connectivity index (χ0n) is 15.0. The van der Waals surface area contributed by atoms with Gasteiger partial charge in [-0.25, -0.2) is 18.7 Å². The van der Waals surface area contributed by atoms with Gasteiger partial charge in [-0.05, 0) is 42.5 Å². The van der Waals surface area contributed by atoms with Gasteiger partial charge in [0.05, 0.1) is 5.52 Å². The molecule has 0 unspecified atom stereocenters.